The highest BCUT2D eigenvalue weighted by atomic mass is 28.2. The van der Waals surface area contributed by atoms with Crippen molar-refractivity contribution in [3.8, 4) is 0 Å². The van der Waals surface area contributed by atoms with Crippen molar-refractivity contribution in [2.24, 2.45) is 0 Å². The molecule has 0 saturated heterocycles. The Morgan fingerprint density at radius 1 is 1.00 bits per heavy atom. The van der Waals surface area contributed by atoms with Crippen LogP contribution in [0.4, 0.5) is 0 Å². The van der Waals surface area contributed by atoms with E-state index in [2.05, 4.69) is 38.1 Å². The Balaban J connectivity index is 2.05. The van der Waals surface area contributed by atoms with E-state index in [1.54, 1.807) is 0 Å². The minimum atomic E-state index is 0.0116. The summed E-state index contributed by atoms with van der Waals surface area (Å²) in [5.74, 6) is 0.0116. The highest BCUT2D eigenvalue weighted by molar-refractivity contribution is 6.40. The summed E-state index contributed by atoms with van der Waals surface area (Å²) in [6, 6.07) is 21.5. The lowest BCUT2D eigenvalue weighted by atomic mass is 10.0. The molecule has 0 aromatic heterocycles. The molecule has 0 saturated carbocycles. The second kappa shape index (κ2) is 6.66. The van der Waals surface area contributed by atoms with Crippen molar-refractivity contribution in [1.29, 1.82) is 0 Å². The molecule has 2 radical (unpaired) electrons. The van der Waals surface area contributed by atoms with Crippen LogP contribution in [0.25, 0.3) is 0 Å². The van der Waals surface area contributed by atoms with Gasteiger partial charge in [-0.15, -0.1) is 0 Å². The van der Waals surface area contributed by atoms with E-state index >= 15 is 0 Å². The summed E-state index contributed by atoms with van der Waals surface area (Å²) in [5, 5.41) is 0.122. The molecule has 2 rings (SSSR count). The van der Waals surface area contributed by atoms with Crippen molar-refractivity contribution in [3.05, 3.63) is 71.8 Å². The number of aldehydes is 1. The number of rotatable bonds is 6. The first kappa shape index (κ1) is 14.7. The topological polar surface area (TPSA) is 17.1 Å². The van der Waals surface area contributed by atoms with Gasteiger partial charge in [0.15, 0.2) is 0 Å². The van der Waals surface area contributed by atoms with Crippen molar-refractivity contribution in [1.82, 2.24) is 0 Å². The number of benzene rings is 2. The second-order valence-electron chi connectivity index (χ2n) is 5.53. The average Bonchev–Trinajstić information content (AvgIpc) is 2.50. The van der Waals surface area contributed by atoms with Gasteiger partial charge in [0.2, 0.25) is 0 Å². The number of carbonyl (C=O) groups excluding carboxylic acids is 1. The summed E-state index contributed by atoms with van der Waals surface area (Å²) in [7, 11) is 0.718. The van der Waals surface area contributed by atoms with Gasteiger partial charge < -0.3 is 4.79 Å². The average molecular weight is 280 g/mol. The van der Waals surface area contributed by atoms with Gasteiger partial charge in [-0.1, -0.05) is 74.5 Å². The van der Waals surface area contributed by atoms with Crippen molar-refractivity contribution < 1.29 is 4.79 Å². The summed E-state index contributed by atoms with van der Waals surface area (Å²) in [6.45, 7) is 4.52. The molecule has 0 bridgehead atoms. The first-order chi connectivity index (χ1) is 9.63. The van der Waals surface area contributed by atoms with Crippen LogP contribution in [0, 0.1) is 0 Å². The van der Waals surface area contributed by atoms with E-state index in [1.807, 2.05) is 36.4 Å². The summed E-state index contributed by atoms with van der Waals surface area (Å²) in [5.41, 5.74) is 2.47. The lowest BCUT2D eigenvalue weighted by Crippen LogP contribution is -2.27. The van der Waals surface area contributed by atoms with Crippen LogP contribution in [0.5, 0.6) is 0 Å². The van der Waals surface area contributed by atoms with E-state index in [0.29, 0.717) is 0 Å². The Morgan fingerprint density at radius 2 is 1.55 bits per heavy atom. The predicted molar refractivity (Wildman–Crippen MR) is 85.3 cm³/mol. The Bertz CT molecular complexity index is 534. The van der Waals surface area contributed by atoms with E-state index < -0.39 is 0 Å². The van der Waals surface area contributed by atoms with Gasteiger partial charge in [-0.3, -0.25) is 0 Å². The summed E-state index contributed by atoms with van der Waals surface area (Å²) in [6.07, 6.45) is 1.09. The maximum Gasteiger partial charge on any atom is 0.127 e. The highest BCUT2D eigenvalue weighted by Gasteiger charge is 2.23. The van der Waals surface area contributed by atoms with Crippen molar-refractivity contribution in [3.63, 3.8) is 0 Å². The Morgan fingerprint density at radius 3 is 2.10 bits per heavy atom. The minimum Gasteiger partial charge on any atom is -0.303 e. The molecular weight excluding hydrogens is 260 g/mol. The molecule has 0 aliphatic carbocycles. The lowest BCUT2D eigenvalue weighted by molar-refractivity contribution is -0.108. The van der Waals surface area contributed by atoms with Crippen LogP contribution in [0.3, 0.4) is 0 Å². The molecule has 1 unspecified atom stereocenters. The molecule has 0 heterocycles. The molecule has 2 aromatic carbocycles. The third-order valence-electron chi connectivity index (χ3n) is 3.65. The van der Waals surface area contributed by atoms with Gasteiger partial charge in [0.05, 0.1) is 9.52 Å². The molecule has 0 N–H and O–H groups in total. The van der Waals surface area contributed by atoms with E-state index in [1.165, 1.54) is 5.56 Å². The third-order valence-corrected chi connectivity index (χ3v) is 5.47. The molecule has 0 aliphatic rings. The molecule has 20 heavy (non-hydrogen) atoms. The fourth-order valence-electron chi connectivity index (χ4n) is 2.27. The molecule has 1 atom stereocenters. The van der Waals surface area contributed by atoms with Gasteiger partial charge in [0.1, 0.15) is 6.29 Å². The van der Waals surface area contributed by atoms with Gasteiger partial charge >= 0.3 is 0 Å². The smallest absolute Gasteiger partial charge is 0.127 e. The predicted octanol–water partition coefficient (Wildman–Crippen LogP) is 4.03. The lowest BCUT2D eigenvalue weighted by Gasteiger charge is -2.25. The molecule has 0 aliphatic heterocycles. The van der Waals surface area contributed by atoms with E-state index in [9.17, 15) is 4.79 Å². The second-order valence-corrected chi connectivity index (χ2v) is 7.54. The normalized spacial score (nSPS) is 12.9. The molecular formula is C18H20OSi. The zero-order valence-corrected chi connectivity index (χ0v) is 13.0. The van der Waals surface area contributed by atoms with Gasteiger partial charge in [-0.2, -0.15) is 0 Å². The van der Waals surface area contributed by atoms with Crippen LogP contribution in [0.2, 0.25) is 6.04 Å². The van der Waals surface area contributed by atoms with Gasteiger partial charge in [0, 0.05) is 5.92 Å². The van der Waals surface area contributed by atoms with E-state index in [0.717, 1.165) is 27.4 Å². The zero-order valence-electron chi connectivity index (χ0n) is 12.0. The van der Waals surface area contributed by atoms with Gasteiger partial charge in [-0.05, 0) is 22.2 Å². The zero-order chi connectivity index (χ0) is 14.4. The fraction of sp³-hybridized carbons (Fsp3) is 0.278. The van der Waals surface area contributed by atoms with Crippen molar-refractivity contribution in [2.45, 2.75) is 30.8 Å². The van der Waals surface area contributed by atoms with E-state index in [4.69, 9.17) is 0 Å². The number of hydrogen-bond donors (Lipinski definition) is 0. The monoisotopic (exact) mass is 280 g/mol. The third kappa shape index (κ3) is 3.67. The first-order valence-corrected chi connectivity index (χ1v) is 8.15. The quantitative estimate of drug-likeness (QED) is 0.577. The largest absolute Gasteiger partial charge is 0.303 e. The maximum absolute atomic E-state index is 11.4. The molecule has 0 spiro atoms. The van der Waals surface area contributed by atoms with Crippen LogP contribution >= 0.6 is 0 Å². The highest BCUT2D eigenvalue weighted by Crippen LogP contribution is 2.26. The standard InChI is InChI=1S/C18H20OSi/c1-18(2,17-11-7-4-8-12-17)20-14-16(13-19)15-9-5-3-6-10-15/h3-13,16H,14H2,1-2H3. The van der Waals surface area contributed by atoms with Crippen LogP contribution in [-0.4, -0.2) is 15.8 Å². The molecule has 0 fully saturated rings. The molecule has 1 nitrogen and oxygen atoms in total. The Labute approximate surface area is 123 Å². The van der Waals surface area contributed by atoms with E-state index in [-0.39, 0.29) is 11.0 Å². The van der Waals surface area contributed by atoms with Crippen molar-refractivity contribution in [2.75, 3.05) is 0 Å². The minimum absolute atomic E-state index is 0.0116. The molecule has 102 valence electrons. The van der Waals surface area contributed by atoms with Gasteiger partial charge in [-0.25, -0.2) is 0 Å². The maximum atomic E-state index is 11.4. The summed E-state index contributed by atoms with van der Waals surface area (Å²) < 4.78 is 0. The number of carbonyl (C=O) groups is 1. The Hall–Kier alpha value is -1.67. The van der Waals surface area contributed by atoms with Crippen LogP contribution < -0.4 is 0 Å². The van der Waals surface area contributed by atoms with Crippen LogP contribution in [-0.2, 0) is 9.83 Å². The molecule has 2 aromatic rings. The Kier molecular flexibility index (Phi) is 4.91. The SMILES string of the molecule is CC(C)([Si]CC(C=O)c1ccccc1)c1ccccc1. The first-order valence-electron chi connectivity index (χ1n) is 6.94. The number of hydrogen-bond acceptors (Lipinski definition) is 1. The van der Waals surface area contributed by atoms with Gasteiger partial charge in [0.25, 0.3) is 0 Å². The molecule has 0 amide bonds. The molecule has 2 heteroatoms. The van der Waals surface area contributed by atoms with Crippen LogP contribution in [0.15, 0.2) is 60.7 Å². The van der Waals surface area contributed by atoms with Crippen LogP contribution in [0.1, 0.15) is 30.9 Å². The fourth-order valence-corrected chi connectivity index (χ4v) is 3.70. The summed E-state index contributed by atoms with van der Waals surface area (Å²) >= 11 is 0. The van der Waals surface area contributed by atoms with Crippen molar-refractivity contribution >= 4 is 15.8 Å². The summed E-state index contributed by atoms with van der Waals surface area (Å²) in [4.78, 5) is 11.4.